The number of aryl methyl sites for hydroxylation is 1. The number of hydrogen-bond donors (Lipinski definition) is 1. The van der Waals surface area contributed by atoms with Gasteiger partial charge in [-0.1, -0.05) is 41.6 Å². The Kier molecular flexibility index (Phi) is 6.88. The van der Waals surface area contributed by atoms with E-state index in [0.29, 0.717) is 30.0 Å². The fourth-order valence-corrected chi connectivity index (χ4v) is 4.42. The number of amides is 1. The predicted molar refractivity (Wildman–Crippen MR) is 123 cm³/mol. The molecule has 1 saturated heterocycles. The maximum atomic E-state index is 13.6. The van der Waals surface area contributed by atoms with Gasteiger partial charge in [0.05, 0.1) is 31.8 Å². The molecule has 0 bridgehead atoms. The Balaban J connectivity index is 1.78. The van der Waals surface area contributed by atoms with Gasteiger partial charge in [-0.3, -0.25) is 14.6 Å². The number of ketones is 1. The van der Waals surface area contributed by atoms with Crippen molar-refractivity contribution in [3.05, 3.63) is 82.9 Å². The number of nitrogens with one attached hydrogen (secondary N) is 1. The molecule has 1 unspecified atom stereocenters. The number of benzene rings is 2. The molecular weight excluding hydrogens is 458 g/mol. The van der Waals surface area contributed by atoms with Gasteiger partial charge in [0.25, 0.3) is 5.91 Å². The molecule has 0 radical (unpaired) electrons. The lowest BCUT2D eigenvalue weighted by Gasteiger charge is -2.28. The molecule has 2 heterocycles. The summed E-state index contributed by atoms with van der Waals surface area (Å²) in [6.45, 7) is 0.920. The number of ether oxygens (including phenoxy) is 2. The monoisotopic (exact) mass is 481 g/mol. The summed E-state index contributed by atoms with van der Waals surface area (Å²) in [6.07, 6.45) is 6.07. The van der Waals surface area contributed by atoms with Crippen LogP contribution < -0.4 is 19.1 Å². The molecule has 8 nitrogen and oxygen atoms in total. The van der Waals surface area contributed by atoms with Crippen LogP contribution in [0.15, 0.2) is 66.8 Å². The van der Waals surface area contributed by atoms with Crippen molar-refractivity contribution >= 4 is 29.1 Å². The summed E-state index contributed by atoms with van der Waals surface area (Å²) < 4.78 is 12.6. The van der Waals surface area contributed by atoms with Crippen molar-refractivity contribution in [2.45, 2.75) is 19.0 Å². The zero-order valence-electron chi connectivity index (χ0n) is 18.8. The van der Waals surface area contributed by atoms with Crippen molar-refractivity contribution in [1.29, 1.82) is 0 Å². The van der Waals surface area contributed by atoms with Crippen molar-refractivity contribution < 1.29 is 28.7 Å². The molecule has 1 fully saturated rings. The number of H-pyrrole nitrogens is 1. The summed E-state index contributed by atoms with van der Waals surface area (Å²) in [5.74, 6) is -1.19. The van der Waals surface area contributed by atoms with Crippen LogP contribution in [-0.2, 0) is 16.1 Å². The number of carbonyl (C=O) groups is 2. The van der Waals surface area contributed by atoms with E-state index in [-0.39, 0.29) is 22.7 Å². The summed E-state index contributed by atoms with van der Waals surface area (Å²) in [5, 5.41) is 13.8. The predicted octanol–water partition coefficient (Wildman–Crippen LogP) is 2.29. The molecule has 1 atom stereocenters. The van der Waals surface area contributed by atoms with Crippen molar-refractivity contribution in [3.63, 3.8) is 0 Å². The topological polar surface area (TPSA) is 98.6 Å². The van der Waals surface area contributed by atoms with E-state index in [1.54, 1.807) is 36.5 Å². The molecule has 1 aromatic heterocycles. The number of aromatic nitrogens is 2. The first-order valence-corrected chi connectivity index (χ1v) is 11.1. The quantitative estimate of drug-likeness (QED) is 0.230. The van der Waals surface area contributed by atoms with Crippen molar-refractivity contribution in [1.82, 2.24) is 9.88 Å². The second-order valence-electron chi connectivity index (χ2n) is 7.77. The molecule has 0 aliphatic carbocycles. The maximum absolute atomic E-state index is 13.6. The highest BCUT2D eigenvalue weighted by Crippen LogP contribution is 2.42. The SMILES string of the molecule is COc1ccc(/C([O-])=C2\C(=O)C(=O)N(CCC[n+]3cc[nH]c3)C2c2ccccc2OC)cc1Cl. The van der Waals surface area contributed by atoms with Crippen LogP contribution in [0.3, 0.4) is 0 Å². The van der Waals surface area contributed by atoms with Crippen molar-refractivity contribution in [2.75, 3.05) is 20.8 Å². The number of aromatic amines is 1. The molecule has 1 aliphatic heterocycles. The van der Waals surface area contributed by atoms with Crippen LogP contribution in [0.1, 0.15) is 23.6 Å². The molecule has 9 heteroatoms. The van der Waals surface area contributed by atoms with Gasteiger partial charge in [-0.25, -0.2) is 4.57 Å². The maximum Gasteiger partial charge on any atom is 0.295 e. The van der Waals surface area contributed by atoms with Crippen LogP contribution in [0.25, 0.3) is 5.76 Å². The molecule has 0 spiro atoms. The van der Waals surface area contributed by atoms with Crippen LogP contribution in [0, 0.1) is 0 Å². The van der Waals surface area contributed by atoms with Gasteiger partial charge in [0.1, 0.15) is 23.9 Å². The third-order valence-electron chi connectivity index (χ3n) is 5.79. The molecule has 3 aromatic rings. The van der Waals surface area contributed by atoms with Gasteiger partial charge in [0, 0.05) is 24.1 Å². The molecule has 176 valence electrons. The summed E-state index contributed by atoms with van der Waals surface area (Å²) in [4.78, 5) is 30.7. The number of hydrogen-bond acceptors (Lipinski definition) is 5. The Morgan fingerprint density at radius 3 is 2.59 bits per heavy atom. The number of nitrogens with zero attached hydrogens (tertiary/aromatic N) is 2. The molecule has 1 aliphatic rings. The Bertz CT molecular complexity index is 1240. The van der Waals surface area contributed by atoms with E-state index in [1.807, 2.05) is 17.1 Å². The summed E-state index contributed by atoms with van der Waals surface area (Å²) >= 11 is 6.22. The zero-order valence-corrected chi connectivity index (χ0v) is 19.5. The minimum Gasteiger partial charge on any atom is -0.872 e. The lowest BCUT2D eigenvalue weighted by Crippen LogP contribution is -2.36. The van der Waals surface area contributed by atoms with Gasteiger partial charge in [0.15, 0.2) is 0 Å². The fourth-order valence-electron chi connectivity index (χ4n) is 4.16. The van der Waals surface area contributed by atoms with Gasteiger partial charge in [-0.2, -0.15) is 0 Å². The van der Waals surface area contributed by atoms with E-state index in [0.717, 1.165) is 0 Å². The third kappa shape index (κ3) is 4.36. The third-order valence-corrected chi connectivity index (χ3v) is 6.09. The fraction of sp³-hybridized carbons (Fsp3) is 0.240. The second-order valence-corrected chi connectivity index (χ2v) is 8.17. The number of imidazole rings is 1. The van der Waals surface area contributed by atoms with Crippen molar-refractivity contribution in [2.24, 2.45) is 0 Å². The minimum atomic E-state index is -0.874. The highest BCUT2D eigenvalue weighted by atomic mass is 35.5. The number of carbonyl (C=O) groups excluding carboxylic acids is 2. The van der Waals surface area contributed by atoms with Crippen LogP contribution in [0.2, 0.25) is 5.02 Å². The molecule has 4 rings (SSSR count). The summed E-state index contributed by atoms with van der Waals surface area (Å²) in [6, 6.07) is 10.7. The average Bonchev–Trinajstić information content (AvgIpc) is 3.45. The highest BCUT2D eigenvalue weighted by Gasteiger charge is 2.45. The molecule has 34 heavy (non-hydrogen) atoms. The smallest absolute Gasteiger partial charge is 0.295 e. The molecule has 0 saturated carbocycles. The normalized spacial score (nSPS) is 17.3. The van der Waals surface area contributed by atoms with Gasteiger partial charge in [-0.05, 0) is 23.8 Å². The van der Waals surface area contributed by atoms with Gasteiger partial charge in [0.2, 0.25) is 12.1 Å². The van der Waals surface area contributed by atoms with Crippen LogP contribution in [-0.4, -0.2) is 42.3 Å². The Morgan fingerprint density at radius 2 is 1.91 bits per heavy atom. The number of likely N-dealkylation sites (tertiary alicyclic amines) is 1. The van der Waals surface area contributed by atoms with E-state index in [4.69, 9.17) is 21.1 Å². The van der Waals surface area contributed by atoms with E-state index >= 15 is 0 Å². The Hall–Kier alpha value is -3.78. The number of Topliss-reactive ketones (excluding diaryl/α,β-unsaturated/α-hetero) is 1. The molecule has 1 N–H and O–H groups in total. The number of methoxy groups -OCH3 is 2. The average molecular weight is 482 g/mol. The number of rotatable bonds is 8. The number of para-hydroxylation sites is 1. The van der Waals surface area contributed by atoms with Gasteiger partial charge >= 0.3 is 0 Å². The standard InChI is InChI=1S/C25H24ClN3O5/c1-33-19-7-4-3-6-17(19)22-21(23(30)16-8-9-20(34-2)18(26)14-16)24(31)25(32)29(22)12-5-11-28-13-10-27-15-28/h3-4,6-10,13-15,22H,5,11-12H2,1-2H3,(H,30,31). The van der Waals surface area contributed by atoms with E-state index < -0.39 is 23.5 Å². The van der Waals surface area contributed by atoms with E-state index in [1.165, 1.54) is 31.3 Å². The van der Waals surface area contributed by atoms with E-state index in [9.17, 15) is 14.7 Å². The molecular formula is C25H24ClN3O5. The largest absolute Gasteiger partial charge is 0.872 e. The first-order valence-electron chi connectivity index (χ1n) is 10.7. The summed E-state index contributed by atoms with van der Waals surface area (Å²) in [5.41, 5.74) is 0.651. The Labute approximate surface area is 202 Å². The number of halogens is 1. The zero-order chi connectivity index (χ0) is 24.2. The minimum absolute atomic E-state index is 0.120. The summed E-state index contributed by atoms with van der Waals surface area (Å²) in [7, 11) is 2.98. The second kappa shape index (κ2) is 10.0. The molecule has 2 aromatic carbocycles. The van der Waals surface area contributed by atoms with Gasteiger partial charge in [-0.15, -0.1) is 0 Å². The highest BCUT2D eigenvalue weighted by molar-refractivity contribution is 6.46. The first kappa shape index (κ1) is 23.4. The molecule has 1 amide bonds. The van der Waals surface area contributed by atoms with E-state index in [2.05, 4.69) is 4.98 Å². The van der Waals surface area contributed by atoms with Crippen LogP contribution in [0.4, 0.5) is 0 Å². The Morgan fingerprint density at radius 1 is 1.15 bits per heavy atom. The van der Waals surface area contributed by atoms with Crippen molar-refractivity contribution in [3.8, 4) is 11.5 Å². The van der Waals surface area contributed by atoms with Gasteiger partial charge < -0.3 is 19.5 Å². The lowest BCUT2D eigenvalue weighted by molar-refractivity contribution is -0.695. The van der Waals surface area contributed by atoms with Crippen LogP contribution in [0.5, 0.6) is 11.5 Å². The first-order chi connectivity index (χ1) is 16.5. The van der Waals surface area contributed by atoms with Crippen LogP contribution >= 0.6 is 11.6 Å². The lowest BCUT2D eigenvalue weighted by atomic mass is 9.94.